The third kappa shape index (κ3) is 5.26. The van der Waals surface area contributed by atoms with Crippen LogP contribution in [0.1, 0.15) is 27.0 Å². The predicted molar refractivity (Wildman–Crippen MR) is 122 cm³/mol. The molecule has 1 aliphatic heterocycles. The Bertz CT molecular complexity index is 1450. The van der Waals surface area contributed by atoms with Gasteiger partial charge in [0.15, 0.2) is 0 Å². The minimum atomic E-state index is -4.46. The fourth-order valence-corrected chi connectivity index (χ4v) is 4.08. The number of sulfonamides is 1. The van der Waals surface area contributed by atoms with Crippen molar-refractivity contribution in [1.29, 1.82) is 0 Å². The van der Waals surface area contributed by atoms with E-state index in [0.717, 1.165) is 12.1 Å². The molecule has 0 unspecified atom stereocenters. The molecule has 0 radical (unpaired) electrons. The number of benzene rings is 3. The van der Waals surface area contributed by atoms with Crippen LogP contribution < -0.4 is 15.8 Å². The lowest BCUT2D eigenvalue weighted by atomic mass is 9.91. The van der Waals surface area contributed by atoms with Crippen LogP contribution in [-0.2, 0) is 27.5 Å². The average Bonchev–Trinajstić information content (AvgIpc) is 2.80. The molecule has 0 atom stereocenters. The maximum Gasteiger partial charge on any atom is 0.416 e. The van der Waals surface area contributed by atoms with Crippen LogP contribution in [0.4, 0.5) is 13.2 Å². The highest BCUT2D eigenvalue weighted by Gasteiger charge is 2.30. The van der Waals surface area contributed by atoms with Crippen molar-refractivity contribution in [2.24, 2.45) is 5.14 Å². The zero-order valence-corrected chi connectivity index (χ0v) is 18.7. The number of carbonyl (C=O) groups is 2. The number of nitrogens with two attached hydrogens (primary N) is 1. The Morgan fingerprint density at radius 2 is 1.49 bits per heavy atom. The molecule has 0 fully saturated rings. The van der Waals surface area contributed by atoms with Gasteiger partial charge in [-0.25, -0.2) is 13.6 Å². The van der Waals surface area contributed by atoms with Crippen LogP contribution in [0.15, 0.2) is 77.8 Å². The van der Waals surface area contributed by atoms with Crippen molar-refractivity contribution in [3.05, 3.63) is 95.2 Å². The van der Waals surface area contributed by atoms with Crippen molar-refractivity contribution in [3.8, 4) is 11.1 Å². The number of hydrogen-bond donors (Lipinski definition) is 3. The van der Waals surface area contributed by atoms with E-state index in [2.05, 4.69) is 10.6 Å². The molecule has 0 spiro atoms. The molecule has 11 heteroatoms. The maximum atomic E-state index is 12.9. The van der Waals surface area contributed by atoms with Gasteiger partial charge in [0.1, 0.15) is 0 Å². The van der Waals surface area contributed by atoms with Crippen LogP contribution in [-0.4, -0.2) is 20.2 Å². The summed E-state index contributed by atoms with van der Waals surface area (Å²) in [5.74, 6) is -1.22. The first kappa shape index (κ1) is 24.2. The second kappa shape index (κ2) is 9.01. The van der Waals surface area contributed by atoms with Crippen molar-refractivity contribution in [2.45, 2.75) is 17.6 Å². The van der Waals surface area contributed by atoms with E-state index in [1.165, 1.54) is 36.5 Å². The van der Waals surface area contributed by atoms with Crippen molar-refractivity contribution in [1.82, 2.24) is 10.6 Å². The molecule has 0 aliphatic carbocycles. The van der Waals surface area contributed by atoms with Gasteiger partial charge < -0.3 is 5.32 Å². The second-order valence-electron chi connectivity index (χ2n) is 7.75. The molecule has 0 saturated heterocycles. The maximum absolute atomic E-state index is 12.9. The number of rotatable bonds is 5. The van der Waals surface area contributed by atoms with Gasteiger partial charge in [-0.15, -0.1) is 0 Å². The monoisotopic (exact) mass is 501 g/mol. The number of nitrogens with one attached hydrogen (secondary N) is 2. The van der Waals surface area contributed by atoms with Gasteiger partial charge in [0.05, 0.1) is 16.0 Å². The normalized spacial score (nSPS) is 15.0. The Morgan fingerprint density at radius 3 is 2.09 bits per heavy atom. The molecule has 1 heterocycles. The molecular weight excluding hydrogens is 483 g/mol. The summed E-state index contributed by atoms with van der Waals surface area (Å²) in [6, 6.07) is 15.1. The number of hydrogen-bond acceptors (Lipinski definition) is 5. The van der Waals surface area contributed by atoms with Crippen LogP contribution in [0, 0.1) is 0 Å². The van der Waals surface area contributed by atoms with Crippen LogP contribution in [0.25, 0.3) is 16.7 Å². The predicted octanol–water partition coefficient (Wildman–Crippen LogP) is 3.42. The fourth-order valence-electron chi connectivity index (χ4n) is 3.57. The quantitative estimate of drug-likeness (QED) is 0.366. The molecular formula is C24H18F3N3O4S. The number of alkyl halides is 3. The summed E-state index contributed by atoms with van der Waals surface area (Å²) in [5.41, 5.74) is 1.68. The van der Waals surface area contributed by atoms with E-state index < -0.39 is 33.6 Å². The van der Waals surface area contributed by atoms with Gasteiger partial charge in [-0.05, 0) is 53.1 Å². The van der Waals surface area contributed by atoms with Gasteiger partial charge in [-0.3, -0.25) is 14.9 Å². The molecule has 0 saturated carbocycles. The van der Waals surface area contributed by atoms with Gasteiger partial charge in [0.25, 0.3) is 11.8 Å². The third-order valence-corrected chi connectivity index (χ3v) is 6.31. The topological polar surface area (TPSA) is 118 Å². The van der Waals surface area contributed by atoms with Crippen molar-refractivity contribution in [3.63, 3.8) is 0 Å². The van der Waals surface area contributed by atoms with Gasteiger partial charge in [-0.2, -0.15) is 13.2 Å². The number of amides is 2. The van der Waals surface area contributed by atoms with Gasteiger partial charge in [0.2, 0.25) is 10.0 Å². The Hall–Kier alpha value is -3.96. The van der Waals surface area contributed by atoms with Crippen molar-refractivity contribution < 1.29 is 31.2 Å². The lowest BCUT2D eigenvalue weighted by Crippen LogP contribution is -2.37. The van der Waals surface area contributed by atoms with E-state index in [-0.39, 0.29) is 22.6 Å². The van der Waals surface area contributed by atoms with E-state index in [1.54, 1.807) is 24.3 Å². The van der Waals surface area contributed by atoms with E-state index in [4.69, 9.17) is 5.14 Å². The molecule has 4 rings (SSSR count). The van der Waals surface area contributed by atoms with Crippen LogP contribution in [0.2, 0.25) is 0 Å². The number of fused-ring (bicyclic) bond motifs is 1. The first-order valence-electron chi connectivity index (χ1n) is 10.2. The molecule has 180 valence electrons. The molecule has 2 amide bonds. The zero-order valence-electron chi connectivity index (χ0n) is 17.9. The lowest BCUT2D eigenvalue weighted by Gasteiger charge is -2.19. The average molecular weight is 501 g/mol. The number of halogens is 3. The Balaban J connectivity index is 1.61. The zero-order chi connectivity index (χ0) is 25.4. The SMILES string of the molecule is NS(=O)(=O)c1ccc(CNC=C2C(=O)NC(=O)c3ccc(-c4ccc(C(F)(F)F)cc4)cc32)cc1. The summed E-state index contributed by atoms with van der Waals surface area (Å²) in [4.78, 5) is 24.8. The summed E-state index contributed by atoms with van der Waals surface area (Å²) in [7, 11) is -3.81. The summed E-state index contributed by atoms with van der Waals surface area (Å²) in [6.45, 7) is 0.240. The molecule has 3 aromatic rings. The minimum Gasteiger partial charge on any atom is -0.386 e. The van der Waals surface area contributed by atoms with Crippen molar-refractivity contribution in [2.75, 3.05) is 0 Å². The van der Waals surface area contributed by atoms with Gasteiger partial charge in [-0.1, -0.05) is 30.3 Å². The number of imide groups is 1. The summed E-state index contributed by atoms with van der Waals surface area (Å²) >= 11 is 0. The highest BCUT2D eigenvalue weighted by atomic mass is 32.2. The summed E-state index contributed by atoms with van der Waals surface area (Å²) in [5, 5.41) is 10.3. The number of primary sulfonamides is 1. The first-order chi connectivity index (χ1) is 16.4. The molecule has 3 aromatic carbocycles. The molecule has 0 aromatic heterocycles. The smallest absolute Gasteiger partial charge is 0.386 e. The molecule has 4 N–H and O–H groups in total. The van der Waals surface area contributed by atoms with E-state index in [1.807, 2.05) is 0 Å². The van der Waals surface area contributed by atoms with Crippen LogP contribution in [0.3, 0.4) is 0 Å². The Morgan fingerprint density at radius 1 is 0.857 bits per heavy atom. The Kier molecular flexibility index (Phi) is 6.22. The standard InChI is InChI=1S/C24H18F3N3O4S/c25-24(26,27)17-6-3-15(4-7-17)16-5-10-19-20(11-16)21(23(32)30-22(19)31)13-29-12-14-1-8-18(9-2-14)35(28,33)34/h1-11,13,29H,12H2,(H2,28,33,34)(H,30,31,32). The van der Waals surface area contributed by atoms with Crippen molar-refractivity contribution >= 4 is 27.4 Å². The Labute approximate surface area is 198 Å². The fraction of sp³-hybridized carbons (Fsp3) is 0.0833. The largest absolute Gasteiger partial charge is 0.416 e. The summed E-state index contributed by atoms with van der Waals surface area (Å²) < 4.78 is 61.3. The lowest BCUT2D eigenvalue weighted by molar-refractivity contribution is -0.137. The highest BCUT2D eigenvalue weighted by Crippen LogP contribution is 2.33. The second-order valence-corrected chi connectivity index (χ2v) is 9.31. The highest BCUT2D eigenvalue weighted by molar-refractivity contribution is 7.89. The first-order valence-corrected chi connectivity index (χ1v) is 11.7. The third-order valence-electron chi connectivity index (χ3n) is 5.38. The van der Waals surface area contributed by atoms with E-state index >= 15 is 0 Å². The molecule has 35 heavy (non-hydrogen) atoms. The molecule has 0 bridgehead atoms. The molecule has 7 nitrogen and oxygen atoms in total. The summed E-state index contributed by atoms with van der Waals surface area (Å²) in [6.07, 6.45) is -3.04. The van der Waals surface area contributed by atoms with Crippen LogP contribution >= 0.6 is 0 Å². The molecule has 1 aliphatic rings. The van der Waals surface area contributed by atoms with Crippen LogP contribution in [0.5, 0.6) is 0 Å². The number of carbonyl (C=O) groups excluding carboxylic acids is 2. The van der Waals surface area contributed by atoms with Gasteiger partial charge >= 0.3 is 6.18 Å². The van der Waals surface area contributed by atoms with Gasteiger partial charge in [0, 0.05) is 23.9 Å². The van der Waals surface area contributed by atoms with E-state index in [9.17, 15) is 31.2 Å². The van der Waals surface area contributed by atoms with E-state index in [0.29, 0.717) is 22.3 Å². The minimum absolute atomic E-state index is 0.0329.